The number of unbranched alkanes of at least 4 members (excludes halogenated alkanes) is 2. The van der Waals surface area contributed by atoms with Gasteiger partial charge in [0.1, 0.15) is 5.82 Å². The average molecular weight is 423 g/mol. The Morgan fingerprint density at radius 3 is 2.71 bits per heavy atom. The van der Waals surface area contributed by atoms with Gasteiger partial charge in [0.15, 0.2) is 12.3 Å². The molecule has 0 saturated heterocycles. The van der Waals surface area contributed by atoms with E-state index >= 15 is 0 Å². The van der Waals surface area contributed by atoms with Gasteiger partial charge >= 0.3 is 6.09 Å². The fraction of sp³-hybridized carbons (Fsp3) is 0.333. The Hall–Kier alpha value is -3.82. The molecule has 162 valence electrons. The molecule has 1 amide bonds. The van der Waals surface area contributed by atoms with Crippen molar-refractivity contribution in [2.75, 3.05) is 11.9 Å². The van der Waals surface area contributed by atoms with Crippen molar-refractivity contribution in [1.82, 2.24) is 25.2 Å². The number of anilines is 1. The molecule has 0 fully saturated rings. The number of carbonyl (C=O) groups excluding carboxylic acids is 1. The second kappa shape index (κ2) is 11.4. The predicted molar refractivity (Wildman–Crippen MR) is 114 cm³/mol. The Morgan fingerprint density at radius 1 is 1.13 bits per heavy atom. The smallest absolute Gasteiger partial charge is 0.412 e. The molecule has 0 saturated carbocycles. The van der Waals surface area contributed by atoms with E-state index in [9.17, 15) is 4.79 Å². The lowest BCUT2D eigenvalue weighted by Gasteiger charge is -2.08. The summed E-state index contributed by atoms with van der Waals surface area (Å²) < 4.78 is 6.66. The minimum atomic E-state index is -0.527. The number of tetrazole rings is 1. The van der Waals surface area contributed by atoms with Gasteiger partial charge in [0.25, 0.3) is 0 Å². The molecular weight excluding hydrogens is 398 g/mol. The first kappa shape index (κ1) is 21.9. The molecule has 0 aliphatic heterocycles. The van der Waals surface area contributed by atoms with Crippen molar-refractivity contribution in [2.24, 2.45) is 12.2 Å². The number of hydrogen-bond donors (Lipinski definition) is 1. The third-order valence-corrected chi connectivity index (χ3v) is 4.27. The molecule has 0 aliphatic rings. The van der Waals surface area contributed by atoms with Crippen molar-refractivity contribution < 1.29 is 14.4 Å². The summed E-state index contributed by atoms with van der Waals surface area (Å²) in [6, 6.07) is 14.7. The molecular formula is C21H25N7O3. The monoisotopic (exact) mass is 423 g/mol. The number of aryl methyl sites for hydroxylation is 1. The van der Waals surface area contributed by atoms with Gasteiger partial charge < -0.3 is 9.57 Å². The van der Waals surface area contributed by atoms with E-state index in [1.54, 1.807) is 25.2 Å². The number of benzene rings is 1. The maximum Gasteiger partial charge on any atom is 0.412 e. The van der Waals surface area contributed by atoms with E-state index in [-0.39, 0.29) is 6.61 Å². The van der Waals surface area contributed by atoms with Crippen LogP contribution in [0.4, 0.5) is 10.6 Å². The van der Waals surface area contributed by atoms with Gasteiger partial charge in [-0.05, 0) is 29.0 Å². The fourth-order valence-electron chi connectivity index (χ4n) is 2.70. The summed E-state index contributed by atoms with van der Waals surface area (Å²) >= 11 is 0. The molecule has 3 rings (SSSR count). The largest absolute Gasteiger partial charge is 0.449 e. The summed E-state index contributed by atoms with van der Waals surface area (Å²) in [6.07, 6.45) is 2.40. The van der Waals surface area contributed by atoms with Crippen molar-refractivity contribution in [1.29, 1.82) is 0 Å². The van der Waals surface area contributed by atoms with E-state index in [2.05, 4.69) is 37.9 Å². The second-order valence-corrected chi connectivity index (χ2v) is 6.69. The minimum Gasteiger partial charge on any atom is -0.449 e. The molecule has 1 aromatic carbocycles. The summed E-state index contributed by atoms with van der Waals surface area (Å²) in [6.45, 7) is 2.58. The number of hydrogen-bond acceptors (Lipinski definition) is 8. The van der Waals surface area contributed by atoms with Crippen molar-refractivity contribution >= 4 is 17.6 Å². The lowest BCUT2D eigenvalue weighted by Crippen LogP contribution is -2.15. The number of nitrogens with one attached hydrogen (secondary N) is 1. The van der Waals surface area contributed by atoms with E-state index in [0.29, 0.717) is 29.7 Å². The van der Waals surface area contributed by atoms with Crippen LogP contribution in [0.15, 0.2) is 53.7 Å². The van der Waals surface area contributed by atoms with Gasteiger partial charge in [-0.1, -0.05) is 61.3 Å². The van der Waals surface area contributed by atoms with Crippen LogP contribution in [0.25, 0.3) is 0 Å². The van der Waals surface area contributed by atoms with E-state index in [4.69, 9.17) is 9.57 Å². The summed E-state index contributed by atoms with van der Waals surface area (Å²) in [4.78, 5) is 21.8. The number of amides is 1. The van der Waals surface area contributed by atoms with E-state index in [0.717, 1.165) is 24.8 Å². The normalized spacial score (nSPS) is 11.2. The summed E-state index contributed by atoms with van der Waals surface area (Å²) in [5.74, 6) is 0.853. The summed E-state index contributed by atoms with van der Waals surface area (Å²) in [5.41, 5.74) is 1.91. The maximum atomic E-state index is 11.9. The lowest BCUT2D eigenvalue weighted by atomic mass is 10.1. The Labute approximate surface area is 180 Å². The second-order valence-electron chi connectivity index (χ2n) is 6.69. The molecule has 0 radical (unpaired) electrons. The zero-order valence-electron chi connectivity index (χ0n) is 17.6. The molecule has 2 aromatic heterocycles. The molecule has 0 atom stereocenters. The molecule has 0 bridgehead atoms. The molecule has 10 nitrogen and oxygen atoms in total. The molecule has 3 aromatic rings. The highest BCUT2D eigenvalue weighted by Gasteiger charge is 2.15. The van der Waals surface area contributed by atoms with Gasteiger partial charge in [0, 0.05) is 12.6 Å². The average Bonchev–Trinajstić information content (AvgIpc) is 3.21. The van der Waals surface area contributed by atoms with Gasteiger partial charge in [0.05, 0.1) is 12.3 Å². The van der Waals surface area contributed by atoms with Gasteiger partial charge in [-0.3, -0.25) is 5.32 Å². The summed E-state index contributed by atoms with van der Waals surface area (Å²) in [5, 5.41) is 18.4. The van der Waals surface area contributed by atoms with Crippen LogP contribution in [0.1, 0.15) is 43.3 Å². The molecule has 0 spiro atoms. The number of nitrogens with zero attached hydrogens (tertiary/aromatic N) is 6. The number of carbonyl (C=O) groups is 1. The quantitative estimate of drug-likeness (QED) is 0.302. The van der Waals surface area contributed by atoms with E-state index < -0.39 is 6.09 Å². The molecule has 0 aliphatic carbocycles. The zero-order valence-corrected chi connectivity index (χ0v) is 17.6. The Bertz CT molecular complexity index is 1000. The van der Waals surface area contributed by atoms with Crippen LogP contribution < -0.4 is 5.32 Å². The minimum absolute atomic E-state index is 0.0999. The van der Waals surface area contributed by atoms with Crippen LogP contribution in [0.5, 0.6) is 0 Å². The van der Waals surface area contributed by atoms with Gasteiger partial charge in [-0.15, -0.1) is 5.10 Å². The Balaban J connectivity index is 1.63. The summed E-state index contributed by atoms with van der Waals surface area (Å²) in [7, 11) is 1.73. The predicted octanol–water partition coefficient (Wildman–Crippen LogP) is 3.31. The molecule has 31 heavy (non-hydrogen) atoms. The number of ether oxygens (including phenoxy) is 1. The maximum absolute atomic E-state index is 11.9. The Kier molecular flexibility index (Phi) is 8.04. The highest BCUT2D eigenvalue weighted by Crippen LogP contribution is 2.10. The van der Waals surface area contributed by atoms with E-state index in [1.807, 2.05) is 30.3 Å². The standard InChI is InChI=1S/C21H25N7O3/c1-3-4-8-14-30-21(29)23-18-13-9-12-17(22-18)15-31-25-19(16-10-6-5-7-11-16)20-24-26-27-28(20)2/h5-7,9-13H,3-4,8,14-15H2,1-2H3,(H,22,23,29)/b25-19+. The molecule has 10 heteroatoms. The zero-order chi connectivity index (χ0) is 21.9. The van der Waals surface area contributed by atoms with Crippen LogP contribution in [0.3, 0.4) is 0 Å². The van der Waals surface area contributed by atoms with Gasteiger partial charge in [0.2, 0.25) is 5.82 Å². The van der Waals surface area contributed by atoms with Crippen molar-refractivity contribution in [3.63, 3.8) is 0 Å². The third kappa shape index (κ3) is 6.59. The molecule has 1 N–H and O–H groups in total. The number of oxime groups is 1. The van der Waals surface area contributed by atoms with Crippen molar-refractivity contribution in [2.45, 2.75) is 32.8 Å². The van der Waals surface area contributed by atoms with Gasteiger partial charge in [-0.2, -0.15) is 0 Å². The van der Waals surface area contributed by atoms with E-state index in [1.165, 1.54) is 4.68 Å². The number of rotatable bonds is 10. The van der Waals surface area contributed by atoms with Crippen LogP contribution in [-0.2, 0) is 23.2 Å². The first-order valence-electron chi connectivity index (χ1n) is 10.0. The third-order valence-electron chi connectivity index (χ3n) is 4.27. The Morgan fingerprint density at radius 2 is 1.97 bits per heavy atom. The topological polar surface area (TPSA) is 116 Å². The van der Waals surface area contributed by atoms with Crippen LogP contribution in [0.2, 0.25) is 0 Å². The highest BCUT2D eigenvalue weighted by atomic mass is 16.6. The lowest BCUT2D eigenvalue weighted by molar-refractivity contribution is 0.128. The highest BCUT2D eigenvalue weighted by molar-refractivity contribution is 6.10. The SMILES string of the molecule is CCCCCOC(=O)Nc1cccc(CO/N=C(\c2ccccc2)c2nnnn2C)n1. The number of aromatic nitrogens is 5. The molecule has 2 heterocycles. The first-order chi connectivity index (χ1) is 15.2. The molecule has 0 unspecified atom stereocenters. The van der Waals surface area contributed by atoms with Gasteiger partial charge in [-0.25, -0.2) is 14.5 Å². The fourth-order valence-corrected chi connectivity index (χ4v) is 2.70. The van der Waals surface area contributed by atoms with Crippen LogP contribution in [0, 0.1) is 0 Å². The van der Waals surface area contributed by atoms with Crippen LogP contribution in [-0.4, -0.2) is 43.6 Å². The first-order valence-corrected chi connectivity index (χ1v) is 10.0. The van der Waals surface area contributed by atoms with Crippen molar-refractivity contribution in [3.05, 3.63) is 65.6 Å². The van der Waals surface area contributed by atoms with Crippen molar-refractivity contribution in [3.8, 4) is 0 Å². The van der Waals surface area contributed by atoms with Crippen LogP contribution >= 0.6 is 0 Å². The number of pyridine rings is 1.